The van der Waals surface area contributed by atoms with Crippen LogP contribution in [0.2, 0.25) is 0 Å². The molecule has 0 aromatic heterocycles. The van der Waals surface area contributed by atoms with E-state index >= 15 is 0 Å². The van der Waals surface area contributed by atoms with Crippen LogP contribution in [0.4, 0.5) is 0 Å². The predicted molar refractivity (Wildman–Crippen MR) is 81.9 cm³/mol. The summed E-state index contributed by atoms with van der Waals surface area (Å²) >= 11 is 0. The van der Waals surface area contributed by atoms with Crippen LogP contribution in [-0.2, 0) is 0 Å². The number of hydrogen-bond donors (Lipinski definition) is 1. The topological polar surface area (TPSA) is 64.8 Å². The van der Waals surface area contributed by atoms with Gasteiger partial charge in [0.2, 0.25) is 0 Å². The molecule has 0 bridgehead atoms. The smallest absolute Gasteiger partial charge is 0.257 e. The Labute approximate surface area is 126 Å². The van der Waals surface area contributed by atoms with Gasteiger partial charge in [-0.15, -0.1) is 0 Å². The van der Waals surface area contributed by atoms with Gasteiger partial charge in [0.05, 0.1) is 19.3 Å². The van der Waals surface area contributed by atoms with Crippen LogP contribution in [0.15, 0.2) is 18.2 Å². The average Bonchev–Trinajstić information content (AvgIpc) is 2.55. The van der Waals surface area contributed by atoms with E-state index in [-0.39, 0.29) is 5.91 Å². The molecule has 0 radical (unpaired) electrons. The first-order valence-electron chi connectivity index (χ1n) is 7.56. The summed E-state index contributed by atoms with van der Waals surface area (Å²) in [6.45, 7) is 2.83. The van der Waals surface area contributed by atoms with Gasteiger partial charge in [0.1, 0.15) is 11.5 Å². The van der Waals surface area contributed by atoms with E-state index in [2.05, 4.69) is 0 Å². The van der Waals surface area contributed by atoms with E-state index in [1.807, 2.05) is 11.0 Å². The molecule has 116 valence electrons. The Morgan fingerprint density at radius 3 is 2.71 bits per heavy atom. The van der Waals surface area contributed by atoms with Crippen molar-refractivity contribution >= 4 is 5.91 Å². The third-order valence-corrected chi connectivity index (χ3v) is 3.66. The van der Waals surface area contributed by atoms with Crippen LogP contribution in [0, 0.1) is 0 Å². The number of amides is 1. The lowest BCUT2D eigenvalue weighted by molar-refractivity contribution is 0.0721. The quantitative estimate of drug-likeness (QED) is 0.815. The zero-order valence-corrected chi connectivity index (χ0v) is 12.6. The van der Waals surface area contributed by atoms with Gasteiger partial charge < -0.3 is 20.1 Å². The number of ether oxygens (including phenoxy) is 2. The van der Waals surface area contributed by atoms with Crippen LogP contribution in [0.5, 0.6) is 11.5 Å². The molecule has 0 spiro atoms. The molecule has 1 heterocycles. The largest absolute Gasteiger partial charge is 0.496 e. The zero-order valence-electron chi connectivity index (χ0n) is 12.6. The van der Waals surface area contributed by atoms with E-state index in [1.54, 1.807) is 19.2 Å². The molecule has 5 heteroatoms. The summed E-state index contributed by atoms with van der Waals surface area (Å²) in [5.41, 5.74) is 6.04. The minimum absolute atomic E-state index is 0.0417. The van der Waals surface area contributed by atoms with Crippen molar-refractivity contribution in [3.63, 3.8) is 0 Å². The van der Waals surface area contributed by atoms with E-state index in [9.17, 15) is 4.79 Å². The van der Waals surface area contributed by atoms with Crippen molar-refractivity contribution < 1.29 is 14.3 Å². The Bertz CT molecular complexity index is 471. The standard InChI is InChI=1S/C16H24N2O3/c1-20-15-12-13(21-11-5-8-17)6-7-14(15)16(19)18-9-3-2-4-10-18/h6-7,12H,2-5,8-11,17H2,1H3. The Kier molecular flexibility index (Phi) is 5.87. The summed E-state index contributed by atoms with van der Waals surface area (Å²) in [7, 11) is 1.58. The first-order chi connectivity index (χ1) is 10.3. The number of benzene rings is 1. The molecule has 0 aliphatic carbocycles. The summed E-state index contributed by atoms with van der Waals surface area (Å²) in [5, 5.41) is 0. The van der Waals surface area contributed by atoms with Gasteiger partial charge in [-0.2, -0.15) is 0 Å². The number of carbonyl (C=O) groups is 1. The molecular weight excluding hydrogens is 268 g/mol. The summed E-state index contributed by atoms with van der Waals surface area (Å²) in [5.74, 6) is 1.31. The van der Waals surface area contributed by atoms with Crippen molar-refractivity contribution in [3.05, 3.63) is 23.8 Å². The molecule has 1 aliphatic rings. The zero-order chi connectivity index (χ0) is 15.1. The number of methoxy groups -OCH3 is 1. The number of nitrogens with two attached hydrogens (primary N) is 1. The average molecular weight is 292 g/mol. The van der Waals surface area contributed by atoms with Crippen molar-refractivity contribution in [3.8, 4) is 11.5 Å². The van der Waals surface area contributed by atoms with E-state index in [4.69, 9.17) is 15.2 Å². The highest BCUT2D eigenvalue weighted by Gasteiger charge is 2.21. The summed E-state index contributed by atoms with van der Waals surface area (Å²) in [6.07, 6.45) is 4.16. The molecule has 21 heavy (non-hydrogen) atoms. The van der Waals surface area contributed by atoms with E-state index in [0.717, 1.165) is 32.4 Å². The summed E-state index contributed by atoms with van der Waals surface area (Å²) < 4.78 is 10.9. The van der Waals surface area contributed by atoms with Crippen molar-refractivity contribution in [1.82, 2.24) is 4.90 Å². The lowest BCUT2D eigenvalue weighted by Gasteiger charge is -2.27. The number of hydrogen-bond acceptors (Lipinski definition) is 4. The molecule has 1 amide bonds. The van der Waals surface area contributed by atoms with Gasteiger partial charge in [-0.25, -0.2) is 0 Å². The molecule has 1 aliphatic heterocycles. The second kappa shape index (κ2) is 7.88. The van der Waals surface area contributed by atoms with Crippen LogP contribution in [0.3, 0.4) is 0 Å². The second-order valence-corrected chi connectivity index (χ2v) is 5.21. The fourth-order valence-corrected chi connectivity index (χ4v) is 2.48. The lowest BCUT2D eigenvalue weighted by Crippen LogP contribution is -2.35. The number of piperidine rings is 1. The Hall–Kier alpha value is -1.75. The first-order valence-corrected chi connectivity index (χ1v) is 7.56. The van der Waals surface area contributed by atoms with Gasteiger partial charge in [0.15, 0.2) is 0 Å². The Balaban J connectivity index is 2.09. The van der Waals surface area contributed by atoms with Gasteiger partial charge in [0.25, 0.3) is 5.91 Å². The van der Waals surface area contributed by atoms with Crippen molar-refractivity contribution in [2.75, 3.05) is 33.4 Å². The SMILES string of the molecule is COc1cc(OCCCN)ccc1C(=O)N1CCCCC1. The van der Waals surface area contributed by atoms with Gasteiger partial charge in [-0.1, -0.05) is 0 Å². The molecule has 1 aromatic carbocycles. The van der Waals surface area contributed by atoms with Crippen molar-refractivity contribution in [1.29, 1.82) is 0 Å². The molecule has 1 fully saturated rings. The summed E-state index contributed by atoms with van der Waals surface area (Å²) in [4.78, 5) is 14.4. The van der Waals surface area contributed by atoms with Crippen LogP contribution in [0.25, 0.3) is 0 Å². The lowest BCUT2D eigenvalue weighted by atomic mass is 10.1. The number of likely N-dealkylation sites (tertiary alicyclic amines) is 1. The van der Waals surface area contributed by atoms with Gasteiger partial charge in [-0.3, -0.25) is 4.79 Å². The molecule has 2 N–H and O–H groups in total. The highest BCUT2D eigenvalue weighted by Crippen LogP contribution is 2.27. The maximum absolute atomic E-state index is 12.5. The molecular formula is C16H24N2O3. The summed E-state index contributed by atoms with van der Waals surface area (Å²) in [6, 6.07) is 5.37. The van der Waals surface area contributed by atoms with Gasteiger partial charge in [-0.05, 0) is 44.4 Å². The van der Waals surface area contributed by atoms with Crippen LogP contribution in [0.1, 0.15) is 36.0 Å². The first kappa shape index (κ1) is 15.6. The van der Waals surface area contributed by atoms with Crippen molar-refractivity contribution in [2.24, 2.45) is 5.73 Å². The number of rotatable bonds is 6. The molecule has 1 saturated heterocycles. The molecule has 0 saturated carbocycles. The number of nitrogens with zero attached hydrogens (tertiary/aromatic N) is 1. The minimum atomic E-state index is 0.0417. The van der Waals surface area contributed by atoms with Crippen molar-refractivity contribution in [2.45, 2.75) is 25.7 Å². The minimum Gasteiger partial charge on any atom is -0.496 e. The van der Waals surface area contributed by atoms with Gasteiger partial charge >= 0.3 is 0 Å². The monoisotopic (exact) mass is 292 g/mol. The number of carbonyl (C=O) groups excluding carboxylic acids is 1. The van der Waals surface area contributed by atoms with Crippen LogP contribution in [-0.4, -0.2) is 44.2 Å². The van der Waals surface area contributed by atoms with E-state index in [1.165, 1.54) is 6.42 Å². The third-order valence-electron chi connectivity index (χ3n) is 3.66. The van der Waals surface area contributed by atoms with Crippen LogP contribution >= 0.6 is 0 Å². The molecule has 1 aromatic rings. The Morgan fingerprint density at radius 2 is 2.05 bits per heavy atom. The highest BCUT2D eigenvalue weighted by atomic mass is 16.5. The predicted octanol–water partition coefficient (Wildman–Crippen LogP) is 2.05. The molecule has 5 nitrogen and oxygen atoms in total. The van der Waals surface area contributed by atoms with Crippen LogP contribution < -0.4 is 15.2 Å². The fraction of sp³-hybridized carbons (Fsp3) is 0.562. The third kappa shape index (κ3) is 4.11. The molecule has 0 atom stereocenters. The normalized spacial score (nSPS) is 14.9. The maximum atomic E-state index is 12.5. The van der Waals surface area contributed by atoms with E-state index < -0.39 is 0 Å². The maximum Gasteiger partial charge on any atom is 0.257 e. The second-order valence-electron chi connectivity index (χ2n) is 5.21. The fourth-order valence-electron chi connectivity index (χ4n) is 2.48. The molecule has 2 rings (SSSR count). The highest BCUT2D eigenvalue weighted by molar-refractivity contribution is 5.97. The van der Waals surface area contributed by atoms with Gasteiger partial charge in [0, 0.05) is 19.2 Å². The molecule has 0 unspecified atom stereocenters. The van der Waals surface area contributed by atoms with E-state index in [0.29, 0.717) is 30.2 Å². The Morgan fingerprint density at radius 1 is 1.29 bits per heavy atom.